The Balaban J connectivity index is 1.53. The summed E-state index contributed by atoms with van der Waals surface area (Å²) in [6.45, 7) is 1.96. The van der Waals surface area contributed by atoms with Gasteiger partial charge < -0.3 is 14.8 Å². The third kappa shape index (κ3) is 5.06. The molecule has 9 heteroatoms. The Morgan fingerprint density at radius 3 is 2.62 bits per heavy atom. The second-order valence-corrected chi connectivity index (χ2v) is 8.23. The van der Waals surface area contributed by atoms with Crippen LogP contribution in [0.5, 0.6) is 5.75 Å². The maximum Gasteiger partial charge on any atom is 0.247 e. The third-order valence-corrected chi connectivity index (χ3v) is 5.75. The standard InChI is InChI=1S/C23H20N4O4S/c1-15-4-6-16(7-5-15)25-21(29)13-20-22(30)27(17-8-10-18(28)11-9-17)23(32-20)26-24-14-19-3-2-12-31-19/h2-12,14,20,28H,13H2,1H3,(H,25,29)/b24-14+,26-23+. The number of furan rings is 1. The Bertz CT molecular complexity index is 1160. The zero-order chi connectivity index (χ0) is 22.5. The molecule has 1 atom stereocenters. The lowest BCUT2D eigenvalue weighted by atomic mass is 10.2. The molecule has 0 bridgehead atoms. The van der Waals surface area contributed by atoms with Gasteiger partial charge in [-0.3, -0.25) is 14.5 Å². The summed E-state index contributed by atoms with van der Waals surface area (Å²) in [7, 11) is 0. The summed E-state index contributed by atoms with van der Waals surface area (Å²) in [5, 5.41) is 20.3. The van der Waals surface area contributed by atoms with Crippen LogP contribution in [-0.2, 0) is 9.59 Å². The van der Waals surface area contributed by atoms with Crippen molar-refractivity contribution in [3.05, 3.63) is 78.3 Å². The molecule has 2 heterocycles. The molecule has 0 spiro atoms. The SMILES string of the molecule is Cc1ccc(NC(=O)CC2S/C(=N/N=C/c3ccco3)N(c3ccc(O)cc3)C2=O)cc1. The Hall–Kier alpha value is -3.85. The van der Waals surface area contributed by atoms with E-state index in [0.717, 1.165) is 17.3 Å². The summed E-state index contributed by atoms with van der Waals surface area (Å²) in [5.74, 6) is 0.0441. The number of aromatic hydroxyl groups is 1. The average Bonchev–Trinajstić information content (AvgIpc) is 3.39. The molecule has 1 saturated heterocycles. The molecular formula is C23H20N4O4S. The molecule has 8 nitrogen and oxygen atoms in total. The van der Waals surface area contributed by atoms with E-state index in [4.69, 9.17) is 4.42 Å². The number of nitrogens with zero attached hydrogens (tertiary/aromatic N) is 3. The second-order valence-electron chi connectivity index (χ2n) is 7.06. The Morgan fingerprint density at radius 2 is 1.94 bits per heavy atom. The van der Waals surface area contributed by atoms with Gasteiger partial charge in [0.25, 0.3) is 0 Å². The van der Waals surface area contributed by atoms with E-state index in [9.17, 15) is 14.7 Å². The lowest BCUT2D eigenvalue weighted by molar-refractivity contribution is -0.121. The van der Waals surface area contributed by atoms with Crippen molar-refractivity contribution in [2.24, 2.45) is 10.2 Å². The number of amides is 2. The van der Waals surface area contributed by atoms with Crippen LogP contribution in [0.4, 0.5) is 11.4 Å². The minimum atomic E-state index is -0.660. The van der Waals surface area contributed by atoms with Crippen molar-refractivity contribution in [1.29, 1.82) is 0 Å². The Labute approximate surface area is 188 Å². The highest BCUT2D eigenvalue weighted by molar-refractivity contribution is 8.16. The van der Waals surface area contributed by atoms with Gasteiger partial charge >= 0.3 is 0 Å². The maximum atomic E-state index is 13.1. The molecule has 4 rings (SSSR count). The molecule has 1 aliphatic rings. The van der Waals surface area contributed by atoms with E-state index in [1.807, 2.05) is 31.2 Å². The summed E-state index contributed by atoms with van der Waals surface area (Å²) >= 11 is 1.16. The van der Waals surface area contributed by atoms with Crippen molar-refractivity contribution in [1.82, 2.24) is 0 Å². The smallest absolute Gasteiger partial charge is 0.247 e. The first-order valence-electron chi connectivity index (χ1n) is 9.80. The van der Waals surface area contributed by atoms with Gasteiger partial charge in [-0.1, -0.05) is 29.5 Å². The summed E-state index contributed by atoms with van der Waals surface area (Å²) in [4.78, 5) is 27.1. The molecular weight excluding hydrogens is 428 g/mol. The number of phenols is 1. The van der Waals surface area contributed by atoms with Crippen LogP contribution >= 0.6 is 11.8 Å². The highest BCUT2D eigenvalue weighted by Gasteiger charge is 2.40. The van der Waals surface area contributed by atoms with Gasteiger partial charge in [-0.15, -0.1) is 5.10 Å². The fraction of sp³-hybridized carbons (Fsp3) is 0.130. The number of carbonyl (C=O) groups is 2. The molecule has 0 radical (unpaired) electrons. The summed E-state index contributed by atoms with van der Waals surface area (Å²) < 4.78 is 5.20. The Morgan fingerprint density at radius 1 is 1.19 bits per heavy atom. The number of hydrogen-bond acceptors (Lipinski definition) is 7. The molecule has 1 fully saturated rings. The molecule has 2 amide bonds. The first-order valence-corrected chi connectivity index (χ1v) is 10.7. The topological polar surface area (TPSA) is 108 Å². The number of aryl methyl sites for hydroxylation is 1. The third-order valence-electron chi connectivity index (χ3n) is 4.62. The highest BCUT2D eigenvalue weighted by atomic mass is 32.2. The first-order chi connectivity index (χ1) is 15.5. The van der Waals surface area contributed by atoms with Crippen molar-refractivity contribution < 1.29 is 19.1 Å². The lowest BCUT2D eigenvalue weighted by Crippen LogP contribution is -2.33. The van der Waals surface area contributed by atoms with Gasteiger partial charge in [-0.25, -0.2) is 0 Å². The fourth-order valence-corrected chi connectivity index (χ4v) is 4.11. The minimum absolute atomic E-state index is 0.0210. The second kappa shape index (κ2) is 9.52. The van der Waals surface area contributed by atoms with Crippen LogP contribution in [0.3, 0.4) is 0 Å². The molecule has 1 unspecified atom stereocenters. The van der Waals surface area contributed by atoms with Gasteiger partial charge in [0.2, 0.25) is 11.8 Å². The summed E-state index contributed by atoms with van der Waals surface area (Å²) in [6, 6.07) is 17.1. The van der Waals surface area contributed by atoms with Crippen LogP contribution in [-0.4, -0.2) is 33.6 Å². The summed E-state index contributed by atoms with van der Waals surface area (Å²) in [5.41, 5.74) is 2.28. The van der Waals surface area contributed by atoms with Crippen molar-refractivity contribution in [2.75, 3.05) is 10.2 Å². The monoisotopic (exact) mass is 448 g/mol. The molecule has 162 valence electrons. The number of phenolic OH excluding ortho intramolecular Hbond substituents is 1. The number of hydrogen-bond donors (Lipinski definition) is 2. The van der Waals surface area contributed by atoms with Crippen LogP contribution in [0.25, 0.3) is 0 Å². The number of nitrogens with one attached hydrogen (secondary N) is 1. The van der Waals surface area contributed by atoms with Gasteiger partial charge in [0, 0.05) is 12.1 Å². The van der Waals surface area contributed by atoms with E-state index in [0.29, 0.717) is 22.3 Å². The van der Waals surface area contributed by atoms with E-state index < -0.39 is 5.25 Å². The van der Waals surface area contributed by atoms with E-state index in [-0.39, 0.29) is 24.0 Å². The maximum absolute atomic E-state index is 13.1. The van der Waals surface area contributed by atoms with Gasteiger partial charge in [0.05, 0.1) is 18.2 Å². The molecule has 0 aliphatic carbocycles. The number of benzene rings is 2. The van der Waals surface area contributed by atoms with Crippen molar-refractivity contribution >= 4 is 46.3 Å². The van der Waals surface area contributed by atoms with E-state index in [1.165, 1.54) is 29.5 Å². The van der Waals surface area contributed by atoms with Crippen LogP contribution < -0.4 is 10.2 Å². The first kappa shape index (κ1) is 21.4. The average molecular weight is 449 g/mol. The quantitative estimate of drug-likeness (QED) is 0.435. The highest BCUT2D eigenvalue weighted by Crippen LogP contribution is 2.34. The van der Waals surface area contributed by atoms with Gasteiger partial charge in [0.15, 0.2) is 5.17 Å². The predicted molar refractivity (Wildman–Crippen MR) is 125 cm³/mol. The number of amidine groups is 1. The molecule has 2 N–H and O–H groups in total. The molecule has 0 saturated carbocycles. The van der Waals surface area contributed by atoms with Crippen LogP contribution in [0.2, 0.25) is 0 Å². The van der Waals surface area contributed by atoms with Gasteiger partial charge in [0.1, 0.15) is 16.8 Å². The largest absolute Gasteiger partial charge is 0.508 e. The molecule has 32 heavy (non-hydrogen) atoms. The lowest BCUT2D eigenvalue weighted by Gasteiger charge is -2.15. The van der Waals surface area contributed by atoms with Gasteiger partial charge in [-0.2, -0.15) is 5.10 Å². The van der Waals surface area contributed by atoms with Crippen LogP contribution in [0.1, 0.15) is 17.7 Å². The number of anilines is 2. The fourth-order valence-electron chi connectivity index (χ4n) is 3.02. The van der Waals surface area contributed by atoms with Crippen molar-refractivity contribution in [2.45, 2.75) is 18.6 Å². The summed E-state index contributed by atoms with van der Waals surface area (Å²) in [6.07, 6.45) is 2.94. The van der Waals surface area contributed by atoms with E-state index >= 15 is 0 Å². The molecule has 1 aliphatic heterocycles. The van der Waals surface area contributed by atoms with Crippen molar-refractivity contribution in [3.8, 4) is 5.75 Å². The zero-order valence-electron chi connectivity index (χ0n) is 17.1. The number of thioether (sulfide) groups is 1. The van der Waals surface area contributed by atoms with Gasteiger partial charge in [-0.05, 0) is 55.5 Å². The molecule has 2 aromatic carbocycles. The molecule has 1 aromatic heterocycles. The normalized spacial score (nSPS) is 17.4. The van der Waals surface area contributed by atoms with E-state index in [1.54, 1.807) is 24.3 Å². The minimum Gasteiger partial charge on any atom is -0.508 e. The van der Waals surface area contributed by atoms with Crippen molar-refractivity contribution in [3.63, 3.8) is 0 Å². The van der Waals surface area contributed by atoms with Crippen LogP contribution in [0, 0.1) is 6.92 Å². The van der Waals surface area contributed by atoms with Crippen LogP contribution in [0.15, 0.2) is 81.5 Å². The predicted octanol–water partition coefficient (Wildman–Crippen LogP) is 4.16. The number of carbonyl (C=O) groups excluding carboxylic acids is 2. The number of rotatable bonds is 6. The molecule has 3 aromatic rings. The zero-order valence-corrected chi connectivity index (χ0v) is 18.0. The van der Waals surface area contributed by atoms with E-state index in [2.05, 4.69) is 15.5 Å². The Kier molecular flexibility index (Phi) is 6.37.